The van der Waals surface area contributed by atoms with E-state index in [-0.39, 0.29) is 6.04 Å². The summed E-state index contributed by atoms with van der Waals surface area (Å²) in [5.41, 5.74) is 4.49. The first-order valence-corrected chi connectivity index (χ1v) is 8.80. The maximum absolute atomic E-state index is 5.95. The molecule has 0 saturated heterocycles. The molecule has 0 radical (unpaired) electrons. The molecule has 0 amide bonds. The number of rotatable bonds is 6. The van der Waals surface area contributed by atoms with E-state index in [1.54, 1.807) is 12.4 Å². The summed E-state index contributed by atoms with van der Waals surface area (Å²) in [4.78, 5) is 8.86. The summed E-state index contributed by atoms with van der Waals surface area (Å²) in [6.45, 7) is 3.22. The molecule has 4 heteroatoms. The molecule has 4 nitrogen and oxygen atoms in total. The number of imidazole rings is 1. The number of fused-ring (bicyclic) bond motifs is 1. The van der Waals surface area contributed by atoms with Gasteiger partial charge in [-0.05, 0) is 42.3 Å². The minimum Gasteiger partial charge on any atom is -0.369 e. The molecule has 26 heavy (non-hydrogen) atoms. The molecule has 0 fully saturated rings. The second-order valence-electron chi connectivity index (χ2n) is 6.32. The van der Waals surface area contributed by atoms with Gasteiger partial charge < -0.3 is 9.30 Å². The molecular weight excluding hydrogens is 322 g/mol. The highest BCUT2D eigenvalue weighted by Gasteiger charge is 2.17. The lowest BCUT2D eigenvalue weighted by atomic mass is 10.1. The number of nitrogens with zero attached hydrogens (tertiary/aromatic N) is 3. The van der Waals surface area contributed by atoms with Gasteiger partial charge >= 0.3 is 0 Å². The highest BCUT2D eigenvalue weighted by atomic mass is 16.5. The van der Waals surface area contributed by atoms with Crippen molar-refractivity contribution in [2.24, 2.45) is 0 Å². The highest BCUT2D eigenvalue weighted by molar-refractivity contribution is 5.76. The average Bonchev–Trinajstić information content (AvgIpc) is 3.07. The van der Waals surface area contributed by atoms with Crippen LogP contribution in [-0.4, -0.2) is 14.5 Å². The second kappa shape index (κ2) is 7.50. The fourth-order valence-electron chi connectivity index (χ4n) is 3.25. The van der Waals surface area contributed by atoms with Crippen molar-refractivity contribution in [1.29, 1.82) is 0 Å². The van der Waals surface area contributed by atoms with E-state index in [1.807, 2.05) is 24.3 Å². The fraction of sp³-hybridized carbons (Fsp3) is 0.182. The smallest absolute Gasteiger partial charge is 0.136 e. The summed E-state index contributed by atoms with van der Waals surface area (Å²) in [5.74, 6) is 0.941. The Balaban J connectivity index is 1.63. The number of hydrogen-bond acceptors (Lipinski definition) is 3. The summed E-state index contributed by atoms with van der Waals surface area (Å²) >= 11 is 0. The van der Waals surface area contributed by atoms with Gasteiger partial charge in [-0.15, -0.1) is 0 Å². The lowest BCUT2D eigenvalue weighted by Crippen LogP contribution is -2.12. The zero-order chi connectivity index (χ0) is 17.8. The summed E-state index contributed by atoms with van der Waals surface area (Å²) in [6.07, 6.45) is 3.57. The van der Waals surface area contributed by atoms with Crippen molar-refractivity contribution in [3.05, 3.63) is 96.1 Å². The predicted molar refractivity (Wildman–Crippen MR) is 103 cm³/mol. The van der Waals surface area contributed by atoms with Crippen molar-refractivity contribution in [2.45, 2.75) is 26.2 Å². The van der Waals surface area contributed by atoms with Gasteiger partial charge in [0, 0.05) is 12.4 Å². The number of pyridine rings is 1. The molecule has 0 unspecified atom stereocenters. The Morgan fingerprint density at radius 3 is 2.42 bits per heavy atom. The second-order valence-corrected chi connectivity index (χ2v) is 6.32. The zero-order valence-corrected chi connectivity index (χ0v) is 14.7. The maximum atomic E-state index is 5.95. The number of benzene rings is 2. The minimum absolute atomic E-state index is 0.183. The Bertz CT molecular complexity index is 980. The quantitative estimate of drug-likeness (QED) is 0.507. The number of ether oxygens (including phenoxy) is 1. The van der Waals surface area contributed by atoms with Gasteiger partial charge in [0.1, 0.15) is 12.4 Å². The fourth-order valence-corrected chi connectivity index (χ4v) is 3.25. The van der Waals surface area contributed by atoms with E-state index in [0.29, 0.717) is 13.2 Å². The van der Waals surface area contributed by atoms with E-state index in [2.05, 4.69) is 58.9 Å². The molecule has 0 aliphatic carbocycles. The SMILES string of the molecule is C[C@@H](c1ccccc1)n1c(COCc2ccncc2)nc2ccccc21. The van der Waals surface area contributed by atoms with Crippen LogP contribution < -0.4 is 0 Å². The third kappa shape index (κ3) is 3.37. The summed E-state index contributed by atoms with van der Waals surface area (Å²) in [6, 6.07) is 22.9. The molecular formula is C22H21N3O. The maximum Gasteiger partial charge on any atom is 0.136 e. The van der Waals surface area contributed by atoms with Crippen molar-refractivity contribution in [3.8, 4) is 0 Å². The Morgan fingerprint density at radius 1 is 0.885 bits per heavy atom. The first-order valence-electron chi connectivity index (χ1n) is 8.80. The van der Waals surface area contributed by atoms with Gasteiger partial charge in [-0.2, -0.15) is 0 Å². The average molecular weight is 343 g/mol. The summed E-state index contributed by atoms with van der Waals surface area (Å²) in [7, 11) is 0. The lowest BCUT2D eigenvalue weighted by Gasteiger charge is -2.18. The van der Waals surface area contributed by atoms with Crippen molar-refractivity contribution in [1.82, 2.24) is 14.5 Å². The molecule has 4 aromatic rings. The van der Waals surface area contributed by atoms with Crippen LogP contribution in [0, 0.1) is 0 Å². The summed E-state index contributed by atoms with van der Waals surface area (Å²) < 4.78 is 8.23. The van der Waals surface area contributed by atoms with Crippen LogP contribution in [0.1, 0.15) is 29.9 Å². The van der Waals surface area contributed by atoms with Crippen LogP contribution in [0.15, 0.2) is 79.1 Å². The van der Waals surface area contributed by atoms with Crippen molar-refractivity contribution in [2.75, 3.05) is 0 Å². The van der Waals surface area contributed by atoms with Crippen molar-refractivity contribution in [3.63, 3.8) is 0 Å². The van der Waals surface area contributed by atoms with Gasteiger partial charge in [0.15, 0.2) is 0 Å². The molecule has 0 aliphatic rings. The van der Waals surface area contributed by atoms with E-state index in [0.717, 1.165) is 22.4 Å². The largest absolute Gasteiger partial charge is 0.369 e. The molecule has 1 atom stereocenters. The number of hydrogen-bond donors (Lipinski definition) is 0. The van der Waals surface area contributed by atoms with Gasteiger partial charge in [0.25, 0.3) is 0 Å². The molecule has 0 N–H and O–H groups in total. The van der Waals surface area contributed by atoms with Crippen LogP contribution in [0.3, 0.4) is 0 Å². The zero-order valence-electron chi connectivity index (χ0n) is 14.7. The van der Waals surface area contributed by atoms with E-state index >= 15 is 0 Å². The van der Waals surface area contributed by atoms with Crippen molar-refractivity contribution < 1.29 is 4.74 Å². The molecule has 0 spiro atoms. The van der Waals surface area contributed by atoms with Gasteiger partial charge in [-0.25, -0.2) is 4.98 Å². The Hall–Kier alpha value is -2.98. The topological polar surface area (TPSA) is 39.9 Å². The molecule has 2 aromatic heterocycles. The monoisotopic (exact) mass is 343 g/mol. The van der Waals surface area contributed by atoms with Crippen LogP contribution in [-0.2, 0) is 18.0 Å². The Kier molecular flexibility index (Phi) is 4.75. The van der Waals surface area contributed by atoms with Gasteiger partial charge in [0.2, 0.25) is 0 Å². The first-order chi connectivity index (χ1) is 12.8. The standard InChI is InChI=1S/C22H21N3O/c1-17(19-7-3-2-4-8-19)25-21-10-6-5-9-20(21)24-22(25)16-26-15-18-11-13-23-14-12-18/h2-14,17H,15-16H2,1H3/t17-/m0/s1. The molecule has 0 bridgehead atoms. The lowest BCUT2D eigenvalue weighted by molar-refractivity contribution is 0.0991. The van der Waals surface area contributed by atoms with Crippen LogP contribution in [0.25, 0.3) is 11.0 Å². The Morgan fingerprint density at radius 2 is 1.62 bits per heavy atom. The molecule has 2 aromatic carbocycles. The highest BCUT2D eigenvalue weighted by Crippen LogP contribution is 2.26. The first kappa shape index (κ1) is 16.5. The van der Waals surface area contributed by atoms with E-state index in [1.165, 1.54) is 5.56 Å². The van der Waals surface area contributed by atoms with Crippen LogP contribution >= 0.6 is 0 Å². The van der Waals surface area contributed by atoms with Crippen LogP contribution in [0.4, 0.5) is 0 Å². The van der Waals surface area contributed by atoms with Gasteiger partial charge in [-0.3, -0.25) is 4.98 Å². The molecule has 4 rings (SSSR count). The number of aromatic nitrogens is 3. The molecule has 2 heterocycles. The molecule has 0 saturated carbocycles. The summed E-state index contributed by atoms with van der Waals surface area (Å²) in [5, 5.41) is 0. The normalized spacial score (nSPS) is 12.3. The third-order valence-corrected chi connectivity index (χ3v) is 4.59. The Labute approximate surface area is 153 Å². The van der Waals surface area contributed by atoms with Crippen LogP contribution in [0.5, 0.6) is 0 Å². The third-order valence-electron chi connectivity index (χ3n) is 4.59. The van der Waals surface area contributed by atoms with Crippen LogP contribution in [0.2, 0.25) is 0 Å². The molecule has 130 valence electrons. The van der Waals surface area contributed by atoms with E-state index in [9.17, 15) is 0 Å². The van der Waals surface area contributed by atoms with Gasteiger partial charge in [-0.1, -0.05) is 42.5 Å². The number of para-hydroxylation sites is 2. The van der Waals surface area contributed by atoms with Crippen molar-refractivity contribution >= 4 is 11.0 Å². The van der Waals surface area contributed by atoms with Gasteiger partial charge in [0.05, 0.1) is 23.7 Å². The predicted octanol–water partition coefficient (Wildman–Crippen LogP) is 4.76. The van der Waals surface area contributed by atoms with E-state index in [4.69, 9.17) is 9.72 Å². The van der Waals surface area contributed by atoms with E-state index < -0.39 is 0 Å². The molecule has 0 aliphatic heterocycles. The minimum atomic E-state index is 0.183.